The molecule has 0 unspecified atom stereocenters. The highest BCUT2D eigenvalue weighted by atomic mass is 28.4. The van der Waals surface area contributed by atoms with Crippen LogP contribution in [0.4, 0.5) is 5.69 Å². The van der Waals surface area contributed by atoms with Crippen molar-refractivity contribution in [1.29, 1.82) is 0 Å². The average molecular weight is 432 g/mol. The Hall–Kier alpha value is -2.73. The molecule has 0 bridgehead atoms. The molecule has 1 amide bonds. The van der Waals surface area contributed by atoms with Crippen LogP contribution < -0.4 is 15.3 Å². The first-order chi connectivity index (χ1) is 14.9. The number of hydrogen-bond donors (Lipinski definition) is 0. The summed E-state index contributed by atoms with van der Waals surface area (Å²) >= 11 is 0. The maximum atomic E-state index is 13.6. The van der Waals surface area contributed by atoms with Crippen molar-refractivity contribution in [2.45, 2.75) is 26.4 Å². The maximum Gasteiger partial charge on any atom is 0.407 e. The molecule has 4 rings (SSSR count). The first-order valence-electron chi connectivity index (χ1n) is 10.7. The zero-order chi connectivity index (χ0) is 21.9. The van der Waals surface area contributed by atoms with E-state index in [1.165, 1.54) is 0 Å². The van der Waals surface area contributed by atoms with Gasteiger partial charge in [0.15, 0.2) is 0 Å². The summed E-state index contributed by atoms with van der Waals surface area (Å²) in [6.45, 7) is 4.53. The van der Waals surface area contributed by atoms with Crippen molar-refractivity contribution in [2.24, 2.45) is 5.41 Å². The van der Waals surface area contributed by atoms with Crippen molar-refractivity contribution in [3.05, 3.63) is 91.0 Å². The fraction of sp³-hybridized carbons (Fsp3) is 0.269. The molecule has 1 fully saturated rings. The lowest BCUT2D eigenvalue weighted by Crippen LogP contribution is -2.69. The van der Waals surface area contributed by atoms with E-state index in [0.29, 0.717) is 13.0 Å². The Bertz CT molecular complexity index is 969. The summed E-state index contributed by atoms with van der Waals surface area (Å²) in [4.78, 5) is 15.3. The molecular formula is C26H29NO3Si. The molecule has 0 N–H and O–H groups in total. The van der Waals surface area contributed by atoms with E-state index in [2.05, 4.69) is 24.3 Å². The van der Waals surface area contributed by atoms with Crippen LogP contribution in [0.5, 0.6) is 0 Å². The summed E-state index contributed by atoms with van der Waals surface area (Å²) < 4.78 is 13.4. The van der Waals surface area contributed by atoms with Crippen LogP contribution in [0.15, 0.2) is 91.0 Å². The van der Waals surface area contributed by atoms with Crippen LogP contribution in [0.1, 0.15) is 20.3 Å². The quantitative estimate of drug-likeness (QED) is 0.578. The van der Waals surface area contributed by atoms with Crippen molar-refractivity contribution in [2.75, 3.05) is 18.6 Å². The Morgan fingerprint density at radius 1 is 0.871 bits per heavy atom. The standard InChI is InChI=1S/C26H29NO3Si/c1-26(2,25(28)27(3)21-13-7-4-8-14-21)24-19-20-29-31(30-24,22-15-9-5-10-16-22)23-17-11-6-12-18-23/h4-18,24H,19-20H2,1-3H3/t24-/m0/s1. The zero-order valence-corrected chi connectivity index (χ0v) is 19.3. The number of benzene rings is 3. The summed E-state index contributed by atoms with van der Waals surface area (Å²) in [5.74, 6) is 0.0367. The molecule has 0 aliphatic carbocycles. The minimum atomic E-state index is -2.94. The van der Waals surface area contributed by atoms with E-state index >= 15 is 0 Å². The van der Waals surface area contributed by atoms with Crippen molar-refractivity contribution in [1.82, 2.24) is 0 Å². The van der Waals surface area contributed by atoms with Crippen molar-refractivity contribution < 1.29 is 13.6 Å². The van der Waals surface area contributed by atoms with Gasteiger partial charge in [-0.2, -0.15) is 0 Å². The number of nitrogens with zero attached hydrogens (tertiary/aromatic N) is 1. The van der Waals surface area contributed by atoms with E-state index in [0.717, 1.165) is 16.1 Å². The number of rotatable bonds is 5. The molecule has 1 atom stereocenters. The van der Waals surface area contributed by atoms with E-state index in [-0.39, 0.29) is 12.0 Å². The Balaban J connectivity index is 1.69. The van der Waals surface area contributed by atoms with Gasteiger partial charge in [0.05, 0.1) is 11.5 Å². The highest BCUT2D eigenvalue weighted by molar-refractivity contribution is 6.92. The van der Waals surface area contributed by atoms with Crippen LogP contribution >= 0.6 is 0 Å². The van der Waals surface area contributed by atoms with Crippen LogP contribution in [0.2, 0.25) is 0 Å². The summed E-state index contributed by atoms with van der Waals surface area (Å²) in [7, 11) is -1.11. The summed E-state index contributed by atoms with van der Waals surface area (Å²) in [5.41, 5.74) is 0.165. The molecule has 1 aliphatic rings. The minimum Gasteiger partial charge on any atom is -0.388 e. The van der Waals surface area contributed by atoms with Gasteiger partial charge in [0.25, 0.3) is 0 Å². The van der Waals surface area contributed by atoms with Gasteiger partial charge >= 0.3 is 8.56 Å². The molecule has 5 heteroatoms. The number of anilines is 1. The third-order valence-electron chi connectivity index (χ3n) is 6.11. The molecule has 4 nitrogen and oxygen atoms in total. The van der Waals surface area contributed by atoms with Crippen LogP contribution in [0.3, 0.4) is 0 Å². The number of hydrogen-bond acceptors (Lipinski definition) is 3. The highest BCUT2D eigenvalue weighted by Crippen LogP contribution is 2.35. The topological polar surface area (TPSA) is 38.8 Å². The molecule has 3 aromatic carbocycles. The van der Waals surface area contributed by atoms with Gasteiger partial charge in [-0.15, -0.1) is 0 Å². The van der Waals surface area contributed by atoms with Gasteiger partial charge in [0.1, 0.15) is 0 Å². The molecule has 0 saturated carbocycles. The Kier molecular flexibility index (Phi) is 6.09. The number of carbonyl (C=O) groups is 1. The van der Waals surface area contributed by atoms with E-state index < -0.39 is 14.0 Å². The van der Waals surface area contributed by atoms with Gasteiger partial charge in [-0.25, -0.2) is 0 Å². The third kappa shape index (κ3) is 4.09. The molecular weight excluding hydrogens is 402 g/mol. The van der Waals surface area contributed by atoms with Crippen LogP contribution in [0.25, 0.3) is 0 Å². The normalized spacial score (nSPS) is 18.4. The largest absolute Gasteiger partial charge is 0.407 e. The van der Waals surface area contributed by atoms with Crippen LogP contribution in [-0.4, -0.2) is 34.2 Å². The molecule has 1 aliphatic heterocycles. The monoisotopic (exact) mass is 431 g/mol. The summed E-state index contributed by atoms with van der Waals surface area (Å²) in [6, 6.07) is 30.1. The van der Waals surface area contributed by atoms with E-state index in [1.54, 1.807) is 4.90 Å². The molecule has 0 radical (unpaired) electrons. The second kappa shape index (κ2) is 8.79. The predicted octanol–water partition coefficient (Wildman–Crippen LogP) is 3.74. The molecule has 0 aromatic heterocycles. The maximum absolute atomic E-state index is 13.6. The van der Waals surface area contributed by atoms with Crippen molar-refractivity contribution in [3.63, 3.8) is 0 Å². The zero-order valence-electron chi connectivity index (χ0n) is 18.3. The molecule has 1 saturated heterocycles. The Labute approximate surface area is 185 Å². The summed E-state index contributed by atoms with van der Waals surface area (Å²) in [5, 5.41) is 2.12. The fourth-order valence-electron chi connectivity index (χ4n) is 4.23. The first kappa shape index (κ1) is 21.5. The summed E-state index contributed by atoms with van der Waals surface area (Å²) in [6.07, 6.45) is 0.419. The van der Waals surface area contributed by atoms with Gasteiger partial charge in [-0.3, -0.25) is 4.79 Å². The SMILES string of the molecule is CN(C(=O)C(C)(C)[C@@H]1CCO[Si](c2ccccc2)(c2ccccc2)O1)c1ccccc1. The lowest BCUT2D eigenvalue weighted by atomic mass is 9.83. The van der Waals surface area contributed by atoms with E-state index in [9.17, 15) is 4.79 Å². The molecule has 31 heavy (non-hydrogen) atoms. The minimum absolute atomic E-state index is 0.0367. The highest BCUT2D eigenvalue weighted by Gasteiger charge is 2.52. The van der Waals surface area contributed by atoms with Crippen molar-refractivity contribution >= 4 is 30.5 Å². The van der Waals surface area contributed by atoms with Gasteiger partial charge in [-0.05, 0) is 42.8 Å². The fourth-order valence-corrected chi connectivity index (χ4v) is 7.72. The van der Waals surface area contributed by atoms with Gasteiger partial charge in [-0.1, -0.05) is 78.9 Å². The Morgan fingerprint density at radius 2 is 1.35 bits per heavy atom. The molecule has 0 spiro atoms. The third-order valence-corrected chi connectivity index (χ3v) is 9.52. The number of para-hydroxylation sites is 1. The predicted molar refractivity (Wildman–Crippen MR) is 127 cm³/mol. The van der Waals surface area contributed by atoms with Crippen molar-refractivity contribution in [3.8, 4) is 0 Å². The average Bonchev–Trinajstić information content (AvgIpc) is 2.84. The Morgan fingerprint density at radius 3 is 1.87 bits per heavy atom. The van der Waals surface area contributed by atoms with Gasteiger partial charge in [0.2, 0.25) is 5.91 Å². The smallest absolute Gasteiger partial charge is 0.388 e. The first-order valence-corrected chi connectivity index (χ1v) is 12.5. The van der Waals surface area contributed by atoms with Crippen LogP contribution in [0, 0.1) is 5.41 Å². The van der Waals surface area contributed by atoms with E-state index in [4.69, 9.17) is 8.85 Å². The molecule has 160 valence electrons. The molecule has 3 aromatic rings. The second-order valence-corrected chi connectivity index (χ2v) is 11.4. The number of carbonyl (C=O) groups excluding carboxylic acids is 1. The second-order valence-electron chi connectivity index (χ2n) is 8.51. The van der Waals surface area contributed by atoms with Gasteiger partial charge in [0, 0.05) is 19.3 Å². The molecule has 1 heterocycles. The van der Waals surface area contributed by atoms with E-state index in [1.807, 2.05) is 87.6 Å². The number of amides is 1. The lowest BCUT2D eigenvalue weighted by Gasteiger charge is -2.45. The lowest BCUT2D eigenvalue weighted by molar-refractivity contribution is -0.133. The van der Waals surface area contributed by atoms with Crippen LogP contribution in [-0.2, 0) is 13.6 Å². The van der Waals surface area contributed by atoms with Gasteiger partial charge < -0.3 is 13.8 Å².